The Bertz CT molecular complexity index is 477. The molecule has 0 saturated heterocycles. The van der Waals surface area contributed by atoms with Crippen LogP contribution in [0.25, 0.3) is 0 Å². The first-order chi connectivity index (χ1) is 9.99. The minimum atomic E-state index is 0.376. The number of tetrazole rings is 1. The number of thioether (sulfide) groups is 1. The molecule has 1 heterocycles. The SMILES string of the molecule is CC(C)(C)C1CCC(CN)C(Sc2nnnn2C2CC2)C1. The third-order valence-corrected chi connectivity index (χ3v) is 6.43. The molecule has 2 N–H and O–H groups in total. The summed E-state index contributed by atoms with van der Waals surface area (Å²) in [6.45, 7) is 7.85. The fraction of sp³-hybridized carbons (Fsp3) is 0.933. The normalized spacial score (nSPS) is 30.6. The second-order valence-corrected chi connectivity index (χ2v) is 8.87. The van der Waals surface area contributed by atoms with Gasteiger partial charge in [0.15, 0.2) is 0 Å². The van der Waals surface area contributed by atoms with Crippen LogP contribution in [0.4, 0.5) is 0 Å². The molecule has 21 heavy (non-hydrogen) atoms. The van der Waals surface area contributed by atoms with Crippen LogP contribution in [-0.4, -0.2) is 32.0 Å². The van der Waals surface area contributed by atoms with Gasteiger partial charge in [-0.1, -0.05) is 32.5 Å². The molecular weight excluding hydrogens is 282 g/mol. The molecule has 5 nitrogen and oxygen atoms in total. The van der Waals surface area contributed by atoms with Gasteiger partial charge in [-0.2, -0.15) is 0 Å². The highest BCUT2D eigenvalue weighted by Gasteiger charge is 2.37. The summed E-state index contributed by atoms with van der Waals surface area (Å²) in [5, 5.41) is 13.8. The van der Waals surface area contributed by atoms with Gasteiger partial charge in [-0.15, -0.1) is 5.10 Å². The number of nitrogens with zero attached hydrogens (tertiary/aromatic N) is 4. The van der Waals surface area contributed by atoms with Gasteiger partial charge in [0.1, 0.15) is 0 Å². The van der Waals surface area contributed by atoms with E-state index in [1.165, 1.54) is 32.1 Å². The third kappa shape index (κ3) is 3.42. The topological polar surface area (TPSA) is 69.6 Å². The Morgan fingerprint density at radius 3 is 2.62 bits per heavy atom. The van der Waals surface area contributed by atoms with E-state index in [1.807, 2.05) is 16.4 Å². The van der Waals surface area contributed by atoms with Gasteiger partial charge in [0, 0.05) is 5.25 Å². The van der Waals surface area contributed by atoms with Crippen molar-refractivity contribution in [1.29, 1.82) is 0 Å². The van der Waals surface area contributed by atoms with E-state index in [1.54, 1.807) is 0 Å². The van der Waals surface area contributed by atoms with Crippen LogP contribution in [0.15, 0.2) is 5.16 Å². The second-order valence-electron chi connectivity index (χ2n) is 7.67. The first kappa shape index (κ1) is 15.3. The molecule has 3 rings (SSSR count). The van der Waals surface area contributed by atoms with Crippen molar-refractivity contribution in [3.63, 3.8) is 0 Å². The summed E-state index contributed by atoms with van der Waals surface area (Å²) in [6.07, 6.45) is 6.20. The first-order valence-electron chi connectivity index (χ1n) is 8.13. The minimum absolute atomic E-state index is 0.376. The predicted octanol–water partition coefficient (Wildman–Crippen LogP) is 2.89. The van der Waals surface area contributed by atoms with E-state index in [9.17, 15) is 0 Å². The molecule has 3 atom stereocenters. The lowest BCUT2D eigenvalue weighted by Gasteiger charge is -2.41. The summed E-state index contributed by atoms with van der Waals surface area (Å²) in [7, 11) is 0. The predicted molar refractivity (Wildman–Crippen MR) is 85.1 cm³/mol. The number of hydrogen-bond acceptors (Lipinski definition) is 5. The summed E-state index contributed by atoms with van der Waals surface area (Å²) in [5.41, 5.74) is 6.39. The largest absolute Gasteiger partial charge is 0.330 e. The summed E-state index contributed by atoms with van der Waals surface area (Å²) in [5.74, 6) is 1.36. The molecule has 3 unspecified atom stereocenters. The van der Waals surface area contributed by atoms with E-state index in [4.69, 9.17) is 5.73 Å². The van der Waals surface area contributed by atoms with Gasteiger partial charge in [-0.3, -0.25) is 0 Å². The lowest BCUT2D eigenvalue weighted by molar-refractivity contribution is 0.157. The molecule has 0 aliphatic heterocycles. The Balaban J connectivity index is 1.72. The molecule has 1 aromatic heterocycles. The zero-order valence-corrected chi connectivity index (χ0v) is 14.1. The van der Waals surface area contributed by atoms with E-state index in [-0.39, 0.29) is 0 Å². The summed E-state index contributed by atoms with van der Waals surface area (Å²) in [4.78, 5) is 0. The van der Waals surface area contributed by atoms with E-state index >= 15 is 0 Å². The molecule has 118 valence electrons. The van der Waals surface area contributed by atoms with Crippen molar-refractivity contribution in [2.75, 3.05) is 6.54 Å². The van der Waals surface area contributed by atoms with Crippen molar-refractivity contribution >= 4 is 11.8 Å². The molecular formula is C15H27N5S. The average molecular weight is 309 g/mol. The van der Waals surface area contributed by atoms with E-state index < -0.39 is 0 Å². The fourth-order valence-electron chi connectivity index (χ4n) is 3.34. The number of hydrogen-bond donors (Lipinski definition) is 1. The van der Waals surface area contributed by atoms with Crippen LogP contribution in [-0.2, 0) is 0 Å². The molecule has 1 aromatic rings. The lowest BCUT2D eigenvalue weighted by atomic mass is 9.69. The van der Waals surface area contributed by atoms with Crippen LogP contribution in [0.3, 0.4) is 0 Å². The molecule has 0 radical (unpaired) electrons. The maximum atomic E-state index is 6.02. The molecule has 0 spiro atoms. The highest BCUT2D eigenvalue weighted by Crippen LogP contribution is 2.46. The van der Waals surface area contributed by atoms with Crippen LogP contribution in [0, 0.1) is 17.3 Å². The molecule has 2 fully saturated rings. The number of aromatic nitrogens is 4. The van der Waals surface area contributed by atoms with Gasteiger partial charge in [0.05, 0.1) is 6.04 Å². The molecule has 6 heteroatoms. The van der Waals surface area contributed by atoms with Crippen LogP contribution in [0.1, 0.15) is 58.9 Å². The Labute approximate surface area is 131 Å². The highest BCUT2D eigenvalue weighted by molar-refractivity contribution is 7.99. The monoisotopic (exact) mass is 309 g/mol. The second kappa shape index (κ2) is 5.88. The maximum Gasteiger partial charge on any atom is 0.209 e. The highest BCUT2D eigenvalue weighted by atomic mass is 32.2. The van der Waals surface area contributed by atoms with Gasteiger partial charge in [0.2, 0.25) is 5.16 Å². The van der Waals surface area contributed by atoms with Crippen molar-refractivity contribution in [2.45, 2.75) is 69.3 Å². The van der Waals surface area contributed by atoms with Gasteiger partial charge in [-0.25, -0.2) is 4.68 Å². The van der Waals surface area contributed by atoms with E-state index in [2.05, 4.69) is 36.3 Å². The van der Waals surface area contributed by atoms with Crippen molar-refractivity contribution in [3.05, 3.63) is 0 Å². The van der Waals surface area contributed by atoms with Crippen LogP contribution < -0.4 is 5.73 Å². The summed E-state index contributed by atoms with van der Waals surface area (Å²) < 4.78 is 2.03. The lowest BCUT2D eigenvalue weighted by Crippen LogP contribution is -2.37. The summed E-state index contributed by atoms with van der Waals surface area (Å²) >= 11 is 1.87. The minimum Gasteiger partial charge on any atom is -0.330 e. The number of nitrogens with two attached hydrogens (primary N) is 1. The standard InChI is InChI=1S/C15H27N5S/c1-15(2,3)11-5-4-10(9-16)13(8-11)21-14-17-18-19-20(14)12-6-7-12/h10-13H,4-9,16H2,1-3H3. The Morgan fingerprint density at radius 2 is 2.00 bits per heavy atom. The van der Waals surface area contributed by atoms with Crippen molar-refractivity contribution < 1.29 is 0 Å². The first-order valence-corrected chi connectivity index (χ1v) is 9.01. The maximum absolute atomic E-state index is 6.02. The van der Waals surface area contributed by atoms with Gasteiger partial charge in [-0.05, 0) is 66.3 Å². The quantitative estimate of drug-likeness (QED) is 0.926. The molecule has 2 saturated carbocycles. The van der Waals surface area contributed by atoms with Crippen molar-refractivity contribution in [1.82, 2.24) is 20.2 Å². The molecule has 0 aromatic carbocycles. The van der Waals surface area contributed by atoms with Crippen LogP contribution in [0.5, 0.6) is 0 Å². The van der Waals surface area contributed by atoms with Gasteiger partial charge >= 0.3 is 0 Å². The fourth-order valence-corrected chi connectivity index (χ4v) is 4.76. The van der Waals surface area contributed by atoms with E-state index in [0.717, 1.165) is 17.6 Å². The Hall–Kier alpha value is -0.620. The molecule has 0 amide bonds. The van der Waals surface area contributed by atoms with Crippen molar-refractivity contribution in [2.24, 2.45) is 23.0 Å². The van der Waals surface area contributed by atoms with Crippen LogP contribution >= 0.6 is 11.8 Å². The van der Waals surface area contributed by atoms with Crippen LogP contribution in [0.2, 0.25) is 0 Å². The Morgan fingerprint density at radius 1 is 1.24 bits per heavy atom. The van der Waals surface area contributed by atoms with Gasteiger partial charge < -0.3 is 5.73 Å². The number of rotatable bonds is 4. The molecule has 2 aliphatic rings. The Kier molecular flexibility index (Phi) is 4.28. The average Bonchev–Trinajstić information content (AvgIpc) is 3.18. The van der Waals surface area contributed by atoms with Crippen molar-refractivity contribution in [3.8, 4) is 0 Å². The zero-order chi connectivity index (χ0) is 15.0. The zero-order valence-electron chi connectivity index (χ0n) is 13.3. The van der Waals surface area contributed by atoms with Gasteiger partial charge in [0.25, 0.3) is 0 Å². The molecule has 0 bridgehead atoms. The third-order valence-electron chi connectivity index (χ3n) is 5.07. The smallest absolute Gasteiger partial charge is 0.209 e. The molecule has 2 aliphatic carbocycles. The van der Waals surface area contributed by atoms with E-state index in [0.29, 0.717) is 22.6 Å². The summed E-state index contributed by atoms with van der Waals surface area (Å²) in [6, 6.07) is 0.542.